The molecule has 0 bridgehead atoms. The summed E-state index contributed by atoms with van der Waals surface area (Å²) in [7, 11) is 0. The molecule has 0 radical (unpaired) electrons. The predicted octanol–water partition coefficient (Wildman–Crippen LogP) is 7.05. The second kappa shape index (κ2) is 10.1. The molecule has 3 aromatic rings. The van der Waals surface area contributed by atoms with Gasteiger partial charge in [0.1, 0.15) is 11.5 Å². The zero-order valence-corrected chi connectivity index (χ0v) is 21.8. The van der Waals surface area contributed by atoms with Gasteiger partial charge in [-0.1, -0.05) is 40.5 Å². The third kappa shape index (κ3) is 5.27. The van der Waals surface area contributed by atoms with Crippen LogP contribution >= 0.6 is 23.2 Å². The lowest BCUT2D eigenvalue weighted by Gasteiger charge is -2.26. The average Bonchev–Trinajstić information content (AvgIpc) is 3.82. The van der Waals surface area contributed by atoms with Crippen LogP contribution in [-0.4, -0.2) is 37.6 Å². The van der Waals surface area contributed by atoms with Crippen molar-refractivity contribution in [2.45, 2.75) is 63.3 Å². The molecule has 3 heterocycles. The number of hydrogen-bond donors (Lipinski definition) is 1. The predicted molar refractivity (Wildman–Crippen MR) is 139 cm³/mol. The quantitative estimate of drug-likeness (QED) is 0.309. The molecule has 6 rings (SSSR count). The van der Waals surface area contributed by atoms with Crippen molar-refractivity contribution in [2.75, 3.05) is 6.61 Å². The van der Waals surface area contributed by atoms with Crippen LogP contribution in [0.3, 0.4) is 0 Å². The molecule has 0 aromatic carbocycles. The molecule has 3 saturated carbocycles. The molecule has 8 nitrogen and oxygen atoms in total. The van der Waals surface area contributed by atoms with E-state index in [1.807, 2.05) is 0 Å². The number of hydrogen-bond acceptors (Lipinski definition) is 6. The van der Waals surface area contributed by atoms with Crippen molar-refractivity contribution < 1.29 is 19.2 Å². The fraction of sp³-hybridized carbons (Fsp3) is 0.481. The minimum Gasteiger partial charge on any atom is -0.478 e. The monoisotopic (exact) mass is 542 g/mol. The first-order valence-electron chi connectivity index (χ1n) is 12.9. The van der Waals surface area contributed by atoms with Gasteiger partial charge in [0.05, 0.1) is 22.7 Å². The fourth-order valence-electron chi connectivity index (χ4n) is 5.08. The Balaban J connectivity index is 1.10. The van der Waals surface area contributed by atoms with Gasteiger partial charge >= 0.3 is 5.97 Å². The number of pyridine rings is 1. The Bertz CT molecular complexity index is 1310. The molecule has 0 atom stereocenters. The van der Waals surface area contributed by atoms with E-state index in [2.05, 4.69) is 27.4 Å². The molecule has 3 aliphatic carbocycles. The molecule has 3 aromatic heterocycles. The molecule has 0 saturated heterocycles. The Hall–Kier alpha value is -2.84. The van der Waals surface area contributed by atoms with Crippen LogP contribution in [-0.2, 0) is 0 Å². The van der Waals surface area contributed by atoms with Crippen molar-refractivity contribution in [1.29, 1.82) is 0 Å². The van der Waals surface area contributed by atoms with Crippen molar-refractivity contribution >= 4 is 35.2 Å². The second-order valence-corrected chi connectivity index (χ2v) is 11.2. The van der Waals surface area contributed by atoms with Gasteiger partial charge in [-0.15, -0.1) is 0 Å². The van der Waals surface area contributed by atoms with Crippen LogP contribution in [0.25, 0.3) is 17.3 Å². The molecule has 194 valence electrons. The van der Waals surface area contributed by atoms with Crippen LogP contribution < -0.4 is 4.74 Å². The summed E-state index contributed by atoms with van der Waals surface area (Å²) in [5.41, 5.74) is 2.34. The maximum atomic E-state index is 11.3. The molecule has 0 amide bonds. The number of allylic oxidation sites excluding steroid dienone is 1. The largest absolute Gasteiger partial charge is 0.478 e. The Morgan fingerprint density at radius 3 is 2.49 bits per heavy atom. The number of carboxylic acid groups (broad SMARTS) is 1. The molecular formula is C27H28Cl2N4O4. The maximum Gasteiger partial charge on any atom is 0.356 e. The second-order valence-electron chi connectivity index (χ2n) is 10.4. The molecule has 3 fully saturated rings. The topological polar surface area (TPSA) is 103 Å². The summed E-state index contributed by atoms with van der Waals surface area (Å²) < 4.78 is 13.6. The smallest absolute Gasteiger partial charge is 0.356 e. The van der Waals surface area contributed by atoms with E-state index in [-0.39, 0.29) is 11.7 Å². The highest BCUT2D eigenvalue weighted by Crippen LogP contribution is 2.46. The lowest BCUT2D eigenvalue weighted by molar-refractivity contribution is 0.0689. The van der Waals surface area contributed by atoms with Crippen molar-refractivity contribution in [3.8, 4) is 17.1 Å². The summed E-state index contributed by atoms with van der Waals surface area (Å²) >= 11 is 12.9. The number of ether oxygens (including phenoxy) is 1. The Morgan fingerprint density at radius 2 is 1.84 bits per heavy atom. The number of carbonyl (C=O) groups is 1. The Morgan fingerprint density at radius 1 is 1.11 bits per heavy atom. The van der Waals surface area contributed by atoms with Crippen molar-refractivity contribution in [2.24, 2.45) is 11.8 Å². The first kappa shape index (κ1) is 24.5. The first-order chi connectivity index (χ1) is 18.0. The van der Waals surface area contributed by atoms with Gasteiger partial charge in [0.25, 0.3) is 0 Å². The van der Waals surface area contributed by atoms with Crippen LogP contribution in [0.15, 0.2) is 29.1 Å². The average molecular weight is 543 g/mol. The normalized spacial score (nSPS) is 22.0. The highest BCUT2D eigenvalue weighted by molar-refractivity contribution is 6.39. The summed E-state index contributed by atoms with van der Waals surface area (Å²) in [6.07, 6.45) is 16.0. The lowest BCUT2D eigenvalue weighted by Crippen LogP contribution is -2.20. The molecule has 37 heavy (non-hydrogen) atoms. The van der Waals surface area contributed by atoms with Crippen molar-refractivity contribution in [1.82, 2.24) is 19.9 Å². The summed E-state index contributed by atoms with van der Waals surface area (Å²) in [6, 6.07) is 1.81. The SMILES string of the molecule is O=C(O)c1cc(OCC2CCC(/C=C/c3c(-c4c(Cl)cncc4Cl)noc3C3CC3)CC2)n(C2CC2)n1. The highest BCUT2D eigenvalue weighted by Gasteiger charge is 2.33. The molecular weight excluding hydrogens is 515 g/mol. The molecule has 3 aliphatic rings. The third-order valence-corrected chi connectivity index (χ3v) is 8.07. The van der Waals surface area contributed by atoms with Gasteiger partial charge in [0.2, 0.25) is 5.88 Å². The number of aromatic carboxylic acids is 1. The van der Waals surface area contributed by atoms with Crippen LogP contribution in [0.1, 0.15) is 85.1 Å². The van der Waals surface area contributed by atoms with E-state index in [0.29, 0.717) is 51.5 Å². The highest BCUT2D eigenvalue weighted by atomic mass is 35.5. The van der Waals surface area contributed by atoms with E-state index in [1.165, 1.54) is 0 Å². The molecule has 0 aliphatic heterocycles. The van der Waals surface area contributed by atoms with Gasteiger partial charge in [-0.25, -0.2) is 9.48 Å². The minimum atomic E-state index is -1.02. The van der Waals surface area contributed by atoms with Crippen LogP contribution in [0.5, 0.6) is 5.88 Å². The summed E-state index contributed by atoms with van der Waals surface area (Å²) in [6.45, 7) is 0.578. The van der Waals surface area contributed by atoms with Gasteiger partial charge in [0, 0.05) is 35.5 Å². The van der Waals surface area contributed by atoms with E-state index < -0.39 is 5.97 Å². The van der Waals surface area contributed by atoms with E-state index in [4.69, 9.17) is 32.5 Å². The first-order valence-corrected chi connectivity index (χ1v) is 13.7. The fourth-order valence-corrected chi connectivity index (χ4v) is 5.63. The van der Waals surface area contributed by atoms with Gasteiger partial charge in [-0.2, -0.15) is 5.10 Å². The molecule has 0 unspecified atom stereocenters. The van der Waals surface area contributed by atoms with Gasteiger partial charge in [-0.3, -0.25) is 4.98 Å². The number of rotatable bonds is 9. The maximum absolute atomic E-state index is 11.3. The van der Waals surface area contributed by atoms with E-state index in [0.717, 1.165) is 62.7 Å². The number of nitrogens with zero attached hydrogens (tertiary/aromatic N) is 4. The van der Waals surface area contributed by atoms with E-state index in [9.17, 15) is 9.90 Å². The summed E-state index contributed by atoms with van der Waals surface area (Å²) in [4.78, 5) is 15.4. The third-order valence-electron chi connectivity index (χ3n) is 7.50. The van der Waals surface area contributed by atoms with Crippen LogP contribution in [0.2, 0.25) is 10.0 Å². The van der Waals surface area contributed by atoms with E-state index in [1.54, 1.807) is 23.1 Å². The van der Waals surface area contributed by atoms with Gasteiger partial charge < -0.3 is 14.4 Å². The van der Waals surface area contributed by atoms with E-state index >= 15 is 0 Å². The van der Waals surface area contributed by atoms with Gasteiger partial charge in [0.15, 0.2) is 5.69 Å². The Kier molecular flexibility index (Phi) is 6.71. The zero-order chi connectivity index (χ0) is 25.5. The van der Waals surface area contributed by atoms with Crippen molar-refractivity contribution in [3.63, 3.8) is 0 Å². The number of halogens is 2. The molecule has 10 heteroatoms. The Labute approximate surface area is 224 Å². The van der Waals surface area contributed by atoms with Crippen molar-refractivity contribution in [3.05, 3.63) is 51.6 Å². The minimum absolute atomic E-state index is 0.0451. The zero-order valence-electron chi connectivity index (χ0n) is 20.3. The summed E-state index contributed by atoms with van der Waals surface area (Å²) in [5, 5.41) is 18.8. The van der Waals surface area contributed by atoms with Gasteiger partial charge in [-0.05, 0) is 63.2 Å². The lowest BCUT2D eigenvalue weighted by atomic mass is 9.82. The summed E-state index contributed by atoms with van der Waals surface area (Å²) in [5.74, 6) is 1.74. The van der Waals surface area contributed by atoms with Crippen LogP contribution in [0, 0.1) is 11.8 Å². The van der Waals surface area contributed by atoms with Crippen LogP contribution in [0.4, 0.5) is 0 Å². The standard InChI is InChI=1S/C27H28Cl2N4O4/c28-20-12-30-13-21(29)24(20)25-19(26(37-32-25)17-6-7-17)10-5-15-1-3-16(4-2-15)14-36-23-11-22(27(34)35)31-33(23)18-8-9-18/h5,10-13,15-18H,1-4,6-9,14H2,(H,34,35)/b10-5+. The number of carboxylic acids is 1. The molecule has 0 spiro atoms. The molecule has 1 N–H and O–H groups in total. The number of aromatic nitrogens is 4.